The lowest BCUT2D eigenvalue weighted by Crippen LogP contribution is -2.37. The number of rotatable bonds is 8. The van der Waals surface area contributed by atoms with E-state index in [4.69, 9.17) is 4.74 Å². The maximum absolute atomic E-state index is 12.5. The van der Waals surface area contributed by atoms with Crippen LogP contribution in [0.15, 0.2) is 78.9 Å². The average Bonchev–Trinajstić information content (AvgIpc) is 2.73. The van der Waals surface area contributed by atoms with Gasteiger partial charge in [0.15, 0.2) is 0 Å². The number of carbonyl (C=O) groups excluding carboxylic acids is 1. The van der Waals surface area contributed by atoms with Crippen LogP contribution in [-0.2, 0) is 14.8 Å². The molecule has 0 radical (unpaired) electrons. The lowest BCUT2D eigenvalue weighted by atomic mass is 10.2. The van der Waals surface area contributed by atoms with E-state index in [0.29, 0.717) is 17.2 Å². The average molecular weight is 441 g/mol. The van der Waals surface area contributed by atoms with Crippen molar-refractivity contribution in [2.24, 2.45) is 0 Å². The number of ether oxygens (including phenoxy) is 1. The largest absolute Gasteiger partial charge is 0.457 e. The highest BCUT2D eigenvalue weighted by Crippen LogP contribution is 2.24. The summed E-state index contributed by atoms with van der Waals surface area (Å²) in [5.41, 5.74) is 0.192. The van der Waals surface area contributed by atoms with E-state index in [1.165, 1.54) is 18.2 Å². The number of nitro groups is 1. The number of nitrogens with zero attached hydrogens (tertiary/aromatic N) is 2. The third-order valence-corrected chi connectivity index (χ3v) is 5.27. The third kappa shape index (κ3) is 6.03. The molecule has 0 aliphatic carbocycles. The number of sulfonamides is 1. The number of carbonyl (C=O) groups is 1. The third-order valence-electron chi connectivity index (χ3n) is 4.13. The van der Waals surface area contributed by atoms with Crippen molar-refractivity contribution in [1.82, 2.24) is 0 Å². The van der Waals surface area contributed by atoms with Gasteiger partial charge in [0.1, 0.15) is 18.0 Å². The molecule has 0 bridgehead atoms. The summed E-state index contributed by atoms with van der Waals surface area (Å²) in [6.45, 7) is -0.539. The first-order valence-electron chi connectivity index (χ1n) is 9.07. The zero-order valence-corrected chi connectivity index (χ0v) is 17.3. The van der Waals surface area contributed by atoms with Crippen LogP contribution in [0.2, 0.25) is 0 Å². The van der Waals surface area contributed by atoms with Gasteiger partial charge in [-0.15, -0.1) is 0 Å². The first kappa shape index (κ1) is 21.8. The predicted octanol–water partition coefficient (Wildman–Crippen LogP) is 3.79. The molecule has 0 atom stereocenters. The molecule has 3 aromatic rings. The SMILES string of the molecule is CS(=O)(=O)N(CC(=O)Nc1ccc(Oc2ccccc2)cc1)c1cccc([N+](=O)[O-])c1. The fourth-order valence-corrected chi connectivity index (χ4v) is 3.57. The van der Waals surface area contributed by atoms with Crippen molar-refractivity contribution in [2.75, 3.05) is 22.4 Å². The molecular formula is C21H19N3O6S. The highest BCUT2D eigenvalue weighted by Gasteiger charge is 2.22. The predicted molar refractivity (Wildman–Crippen MR) is 117 cm³/mol. The minimum Gasteiger partial charge on any atom is -0.457 e. The zero-order chi connectivity index (χ0) is 22.4. The second kappa shape index (κ2) is 9.26. The molecule has 0 aliphatic heterocycles. The van der Waals surface area contributed by atoms with Crippen molar-refractivity contribution < 1.29 is 22.9 Å². The molecule has 10 heteroatoms. The van der Waals surface area contributed by atoms with Crippen LogP contribution in [0.4, 0.5) is 17.1 Å². The summed E-state index contributed by atoms with van der Waals surface area (Å²) in [6.07, 6.45) is 0.925. The number of benzene rings is 3. The molecular weight excluding hydrogens is 422 g/mol. The van der Waals surface area contributed by atoms with Gasteiger partial charge in [-0.05, 0) is 42.5 Å². The molecule has 0 fully saturated rings. The molecule has 1 N–H and O–H groups in total. The first-order valence-corrected chi connectivity index (χ1v) is 10.9. The molecule has 0 aliphatic rings. The Balaban J connectivity index is 1.70. The summed E-state index contributed by atoms with van der Waals surface area (Å²) < 4.78 is 30.8. The van der Waals surface area contributed by atoms with E-state index in [9.17, 15) is 23.3 Å². The van der Waals surface area contributed by atoms with Gasteiger partial charge in [0.25, 0.3) is 5.69 Å². The standard InChI is InChI=1S/C21H19N3O6S/c1-31(28,29)23(17-6-5-7-18(14-17)24(26)27)15-21(25)22-16-10-12-20(13-11-16)30-19-8-3-2-4-9-19/h2-14H,15H2,1H3,(H,22,25). The van der Waals surface area contributed by atoms with Crippen molar-refractivity contribution in [1.29, 1.82) is 0 Å². The monoisotopic (exact) mass is 441 g/mol. The van der Waals surface area contributed by atoms with E-state index in [1.54, 1.807) is 24.3 Å². The van der Waals surface area contributed by atoms with Gasteiger partial charge in [-0.3, -0.25) is 19.2 Å². The summed E-state index contributed by atoms with van der Waals surface area (Å²) in [6, 6.07) is 20.8. The summed E-state index contributed by atoms with van der Waals surface area (Å²) >= 11 is 0. The fraction of sp³-hybridized carbons (Fsp3) is 0.0952. The molecule has 0 spiro atoms. The molecule has 1 amide bonds. The molecule has 0 aromatic heterocycles. The van der Waals surface area contributed by atoms with E-state index in [0.717, 1.165) is 16.6 Å². The van der Waals surface area contributed by atoms with Crippen LogP contribution in [-0.4, -0.2) is 32.0 Å². The van der Waals surface area contributed by atoms with Crippen LogP contribution in [0.5, 0.6) is 11.5 Å². The van der Waals surface area contributed by atoms with Gasteiger partial charge in [0.05, 0.1) is 16.9 Å². The molecule has 0 saturated heterocycles. The van der Waals surface area contributed by atoms with Gasteiger partial charge in [-0.25, -0.2) is 8.42 Å². The Morgan fingerprint density at radius 2 is 1.65 bits per heavy atom. The van der Waals surface area contributed by atoms with Gasteiger partial charge < -0.3 is 10.1 Å². The Morgan fingerprint density at radius 1 is 1.00 bits per heavy atom. The number of hydrogen-bond acceptors (Lipinski definition) is 6. The molecule has 31 heavy (non-hydrogen) atoms. The summed E-state index contributed by atoms with van der Waals surface area (Å²) in [7, 11) is -3.86. The highest BCUT2D eigenvalue weighted by atomic mass is 32.2. The van der Waals surface area contributed by atoms with Crippen molar-refractivity contribution in [3.05, 3.63) is 89.0 Å². The minimum atomic E-state index is -3.86. The zero-order valence-electron chi connectivity index (χ0n) is 16.5. The Hall–Kier alpha value is -3.92. The lowest BCUT2D eigenvalue weighted by molar-refractivity contribution is -0.384. The number of amides is 1. The van der Waals surface area contributed by atoms with Crippen LogP contribution in [0.3, 0.4) is 0 Å². The van der Waals surface area contributed by atoms with Crippen molar-refractivity contribution in [2.45, 2.75) is 0 Å². The number of anilines is 2. The maximum Gasteiger partial charge on any atom is 0.271 e. The van der Waals surface area contributed by atoms with Gasteiger partial charge in [-0.1, -0.05) is 24.3 Å². The van der Waals surface area contributed by atoms with E-state index in [1.807, 2.05) is 30.3 Å². The Kier molecular flexibility index (Phi) is 6.51. The molecule has 3 rings (SSSR count). The Bertz CT molecular complexity index is 1180. The second-order valence-electron chi connectivity index (χ2n) is 6.53. The topological polar surface area (TPSA) is 119 Å². The van der Waals surface area contributed by atoms with Gasteiger partial charge in [-0.2, -0.15) is 0 Å². The number of para-hydroxylation sites is 1. The molecule has 0 unspecified atom stereocenters. The first-order chi connectivity index (χ1) is 14.7. The molecule has 3 aromatic carbocycles. The second-order valence-corrected chi connectivity index (χ2v) is 8.44. The summed E-state index contributed by atoms with van der Waals surface area (Å²) in [5.74, 6) is 0.632. The number of nitrogens with one attached hydrogen (secondary N) is 1. The molecule has 160 valence electrons. The highest BCUT2D eigenvalue weighted by molar-refractivity contribution is 7.92. The molecule has 0 saturated carbocycles. The Morgan fingerprint density at radius 3 is 2.26 bits per heavy atom. The summed E-state index contributed by atoms with van der Waals surface area (Å²) in [5, 5.41) is 13.6. The minimum absolute atomic E-state index is 0.0264. The van der Waals surface area contributed by atoms with Crippen LogP contribution in [0.1, 0.15) is 0 Å². The van der Waals surface area contributed by atoms with Crippen molar-refractivity contribution >= 4 is 33.0 Å². The van der Waals surface area contributed by atoms with Gasteiger partial charge in [0.2, 0.25) is 15.9 Å². The van der Waals surface area contributed by atoms with E-state index >= 15 is 0 Å². The van der Waals surface area contributed by atoms with E-state index in [-0.39, 0.29) is 11.4 Å². The number of non-ortho nitro benzene ring substituents is 1. The lowest BCUT2D eigenvalue weighted by Gasteiger charge is -2.21. The number of nitro benzene ring substituents is 1. The van der Waals surface area contributed by atoms with E-state index in [2.05, 4.69) is 5.32 Å². The Labute approximate surface area is 179 Å². The maximum atomic E-state index is 12.5. The van der Waals surface area contributed by atoms with Crippen LogP contribution in [0, 0.1) is 10.1 Å². The van der Waals surface area contributed by atoms with Crippen LogP contribution < -0.4 is 14.4 Å². The number of hydrogen-bond donors (Lipinski definition) is 1. The van der Waals surface area contributed by atoms with Crippen molar-refractivity contribution in [3.63, 3.8) is 0 Å². The fourth-order valence-electron chi connectivity index (χ4n) is 2.72. The van der Waals surface area contributed by atoms with Crippen LogP contribution >= 0.6 is 0 Å². The normalized spacial score (nSPS) is 10.9. The van der Waals surface area contributed by atoms with Gasteiger partial charge >= 0.3 is 0 Å². The van der Waals surface area contributed by atoms with Crippen molar-refractivity contribution in [3.8, 4) is 11.5 Å². The van der Waals surface area contributed by atoms with Crippen LogP contribution in [0.25, 0.3) is 0 Å². The summed E-state index contributed by atoms with van der Waals surface area (Å²) in [4.78, 5) is 22.8. The smallest absolute Gasteiger partial charge is 0.271 e. The van der Waals surface area contributed by atoms with E-state index < -0.39 is 27.4 Å². The molecule has 9 nitrogen and oxygen atoms in total. The van der Waals surface area contributed by atoms with Gasteiger partial charge in [0, 0.05) is 17.8 Å². The molecule has 0 heterocycles. The quantitative estimate of drug-likeness (QED) is 0.420.